The van der Waals surface area contributed by atoms with Crippen molar-refractivity contribution in [1.82, 2.24) is 14.3 Å². The van der Waals surface area contributed by atoms with Crippen molar-refractivity contribution in [3.05, 3.63) is 72.6 Å². The summed E-state index contributed by atoms with van der Waals surface area (Å²) >= 11 is 1.46. The van der Waals surface area contributed by atoms with Crippen molar-refractivity contribution < 1.29 is 0 Å². The van der Waals surface area contributed by atoms with E-state index in [-0.39, 0.29) is 0 Å². The third-order valence-electron chi connectivity index (χ3n) is 3.91. The fourth-order valence-electron chi connectivity index (χ4n) is 2.74. The van der Waals surface area contributed by atoms with E-state index in [0.29, 0.717) is 0 Å². The van der Waals surface area contributed by atoms with Crippen molar-refractivity contribution in [3.8, 4) is 11.3 Å². The molecule has 0 radical (unpaired) electrons. The zero-order valence-electron chi connectivity index (χ0n) is 13.3. The van der Waals surface area contributed by atoms with Crippen molar-refractivity contribution in [2.45, 2.75) is 6.54 Å². The minimum Gasteiger partial charge on any atom is -0.354 e. The molecule has 2 heterocycles. The monoisotopic (exact) mass is 332 g/mol. The fourth-order valence-corrected chi connectivity index (χ4v) is 3.64. The molecule has 4 aromatic rings. The van der Waals surface area contributed by atoms with E-state index in [9.17, 15) is 0 Å². The van der Waals surface area contributed by atoms with E-state index in [0.717, 1.165) is 33.8 Å². The number of rotatable bonds is 4. The molecule has 0 spiro atoms. The number of hydrogen-bond acceptors (Lipinski definition) is 5. The molecule has 0 fully saturated rings. The van der Waals surface area contributed by atoms with Gasteiger partial charge in [0.15, 0.2) is 5.82 Å². The normalized spacial score (nSPS) is 10.9. The van der Waals surface area contributed by atoms with Gasteiger partial charge in [-0.05, 0) is 17.1 Å². The Bertz CT molecular complexity index is 951. The number of fused-ring (bicyclic) bond motifs is 1. The Morgan fingerprint density at radius 2 is 1.62 bits per heavy atom. The predicted molar refractivity (Wildman–Crippen MR) is 99.2 cm³/mol. The summed E-state index contributed by atoms with van der Waals surface area (Å²) in [6.45, 7) is 0.797. The van der Waals surface area contributed by atoms with Gasteiger partial charge in [0, 0.05) is 19.2 Å². The first-order chi connectivity index (χ1) is 11.8. The topological polar surface area (TPSA) is 41.9 Å². The first-order valence-corrected chi connectivity index (χ1v) is 8.51. The smallest absolute Gasteiger partial charge is 0.151 e. The van der Waals surface area contributed by atoms with Gasteiger partial charge in [0.1, 0.15) is 22.2 Å². The predicted octanol–water partition coefficient (Wildman–Crippen LogP) is 4.39. The van der Waals surface area contributed by atoms with Gasteiger partial charge >= 0.3 is 0 Å². The van der Waals surface area contributed by atoms with Crippen LogP contribution in [0.2, 0.25) is 0 Å². The van der Waals surface area contributed by atoms with Crippen molar-refractivity contribution in [1.29, 1.82) is 0 Å². The third-order valence-corrected chi connectivity index (χ3v) is 4.74. The summed E-state index contributed by atoms with van der Waals surface area (Å²) in [5.74, 6) is 0.920. The van der Waals surface area contributed by atoms with E-state index >= 15 is 0 Å². The first-order valence-electron chi connectivity index (χ1n) is 7.74. The van der Waals surface area contributed by atoms with Crippen LogP contribution in [-0.4, -0.2) is 21.4 Å². The lowest BCUT2D eigenvalue weighted by Crippen LogP contribution is -2.17. The minimum atomic E-state index is 0.797. The highest BCUT2D eigenvalue weighted by Crippen LogP contribution is 2.34. The summed E-state index contributed by atoms with van der Waals surface area (Å²) in [5.41, 5.74) is 4.17. The van der Waals surface area contributed by atoms with Crippen LogP contribution in [0.4, 0.5) is 5.82 Å². The van der Waals surface area contributed by atoms with E-state index in [4.69, 9.17) is 0 Å². The van der Waals surface area contributed by atoms with Crippen LogP contribution in [0.3, 0.4) is 0 Å². The lowest BCUT2D eigenvalue weighted by molar-refractivity contribution is 0.902. The second-order valence-electron chi connectivity index (χ2n) is 5.61. The van der Waals surface area contributed by atoms with E-state index < -0.39 is 0 Å². The molecule has 0 saturated heterocycles. The van der Waals surface area contributed by atoms with Crippen LogP contribution < -0.4 is 4.90 Å². The summed E-state index contributed by atoms with van der Waals surface area (Å²) in [6.07, 6.45) is 1.62. The minimum absolute atomic E-state index is 0.797. The Hall–Kier alpha value is -2.79. The van der Waals surface area contributed by atoms with Gasteiger partial charge in [0.25, 0.3) is 0 Å². The van der Waals surface area contributed by atoms with E-state index in [1.807, 2.05) is 24.3 Å². The molecule has 0 aliphatic carbocycles. The van der Waals surface area contributed by atoms with Crippen LogP contribution in [0.5, 0.6) is 0 Å². The molecule has 2 aromatic heterocycles. The SMILES string of the molecule is CN(Cc1ccccc1)c1ncnc2c(-c3ccccc3)nsc12. The molecule has 0 bridgehead atoms. The zero-order chi connectivity index (χ0) is 16.4. The lowest BCUT2D eigenvalue weighted by atomic mass is 10.1. The van der Waals surface area contributed by atoms with Gasteiger partial charge < -0.3 is 4.90 Å². The first kappa shape index (κ1) is 14.8. The van der Waals surface area contributed by atoms with Crippen LogP contribution >= 0.6 is 11.5 Å². The van der Waals surface area contributed by atoms with Gasteiger partial charge in [0.05, 0.1) is 0 Å². The quantitative estimate of drug-likeness (QED) is 0.556. The molecule has 4 rings (SSSR count). The number of benzene rings is 2. The standard InChI is InChI=1S/C19H16N4S/c1-23(12-14-8-4-2-5-9-14)19-18-17(20-13-21-19)16(22-24-18)15-10-6-3-7-11-15/h2-11,13H,12H2,1H3. The molecular weight excluding hydrogens is 316 g/mol. The van der Waals surface area contributed by atoms with Gasteiger partial charge in [-0.25, -0.2) is 9.97 Å². The largest absolute Gasteiger partial charge is 0.354 e. The molecule has 0 aliphatic heterocycles. The third kappa shape index (κ3) is 2.74. The summed E-state index contributed by atoms with van der Waals surface area (Å²) in [6, 6.07) is 20.5. The van der Waals surface area contributed by atoms with Crippen LogP contribution in [0.25, 0.3) is 21.5 Å². The fraction of sp³-hybridized carbons (Fsp3) is 0.105. The lowest BCUT2D eigenvalue weighted by Gasteiger charge is -2.18. The maximum atomic E-state index is 4.63. The van der Waals surface area contributed by atoms with Gasteiger partial charge in [-0.1, -0.05) is 60.7 Å². The average Bonchev–Trinajstić information content (AvgIpc) is 3.07. The molecule has 0 unspecified atom stereocenters. The van der Waals surface area contributed by atoms with Crippen molar-refractivity contribution in [2.24, 2.45) is 0 Å². The molecule has 5 heteroatoms. The molecule has 0 aliphatic rings. The summed E-state index contributed by atoms with van der Waals surface area (Å²) in [7, 11) is 2.05. The van der Waals surface area contributed by atoms with E-state index in [1.165, 1.54) is 17.1 Å². The van der Waals surface area contributed by atoms with Crippen LogP contribution in [-0.2, 0) is 6.54 Å². The number of nitrogens with zero attached hydrogens (tertiary/aromatic N) is 4. The highest BCUT2D eigenvalue weighted by molar-refractivity contribution is 7.14. The summed E-state index contributed by atoms with van der Waals surface area (Å²) < 4.78 is 5.65. The number of aromatic nitrogens is 3. The molecule has 0 amide bonds. The van der Waals surface area contributed by atoms with Gasteiger partial charge in [-0.3, -0.25) is 0 Å². The van der Waals surface area contributed by atoms with E-state index in [1.54, 1.807) is 6.33 Å². The molecule has 0 saturated carbocycles. The molecule has 2 aromatic carbocycles. The Morgan fingerprint density at radius 1 is 0.917 bits per heavy atom. The highest BCUT2D eigenvalue weighted by atomic mass is 32.1. The van der Waals surface area contributed by atoms with Crippen LogP contribution in [0.1, 0.15) is 5.56 Å². The molecule has 118 valence electrons. The molecule has 0 atom stereocenters. The summed E-state index contributed by atoms with van der Waals surface area (Å²) in [5, 5.41) is 0. The van der Waals surface area contributed by atoms with Crippen LogP contribution in [0.15, 0.2) is 67.0 Å². The van der Waals surface area contributed by atoms with Gasteiger partial charge in [0.2, 0.25) is 0 Å². The Morgan fingerprint density at radius 3 is 2.38 bits per heavy atom. The van der Waals surface area contributed by atoms with Gasteiger partial charge in [-0.15, -0.1) is 0 Å². The Balaban J connectivity index is 1.73. The van der Waals surface area contributed by atoms with Crippen LogP contribution in [0, 0.1) is 0 Å². The van der Waals surface area contributed by atoms with E-state index in [2.05, 4.69) is 62.7 Å². The maximum absolute atomic E-state index is 4.63. The van der Waals surface area contributed by atoms with Gasteiger partial charge in [-0.2, -0.15) is 4.37 Å². The maximum Gasteiger partial charge on any atom is 0.151 e. The molecule has 24 heavy (non-hydrogen) atoms. The molecule has 0 N–H and O–H groups in total. The van der Waals surface area contributed by atoms with Crippen molar-refractivity contribution in [2.75, 3.05) is 11.9 Å². The Kier molecular flexibility index (Phi) is 3.92. The number of hydrogen-bond donors (Lipinski definition) is 0. The Labute approximate surface area is 144 Å². The number of anilines is 1. The summed E-state index contributed by atoms with van der Waals surface area (Å²) in [4.78, 5) is 11.1. The highest BCUT2D eigenvalue weighted by Gasteiger charge is 2.16. The second-order valence-corrected chi connectivity index (χ2v) is 6.39. The van der Waals surface area contributed by atoms with Crippen molar-refractivity contribution in [3.63, 3.8) is 0 Å². The average molecular weight is 332 g/mol. The molecule has 4 nitrogen and oxygen atoms in total. The second kappa shape index (κ2) is 6.37. The molecular formula is C19H16N4S. The van der Waals surface area contributed by atoms with Crippen molar-refractivity contribution >= 4 is 27.6 Å². The zero-order valence-corrected chi connectivity index (χ0v) is 14.1.